The third-order valence-corrected chi connectivity index (χ3v) is 3.00. The second-order valence-electron chi connectivity index (χ2n) is 5.30. The molecule has 1 aromatic heterocycles. The molecule has 0 aliphatic carbocycles. The predicted octanol–water partition coefficient (Wildman–Crippen LogP) is 1.85. The Morgan fingerprint density at radius 2 is 1.95 bits per heavy atom. The van der Waals surface area contributed by atoms with Crippen molar-refractivity contribution in [1.82, 2.24) is 14.8 Å². The van der Waals surface area contributed by atoms with Crippen molar-refractivity contribution in [3.05, 3.63) is 23.4 Å². The molecule has 1 N–H and O–H groups in total. The van der Waals surface area contributed by atoms with Gasteiger partial charge in [0.05, 0.1) is 0 Å². The molecule has 1 rings (SSSR count). The standard InChI is InChI=1S/C15H26N4O/c1-6-16-14-11-13(10-12(2)17-14)15(20)19(5)9-7-8-18(3)4/h10-11H,6-9H2,1-5H3,(H,16,17). The minimum atomic E-state index is 0.0495. The van der Waals surface area contributed by atoms with Crippen LogP contribution in [0.3, 0.4) is 0 Å². The molecule has 20 heavy (non-hydrogen) atoms. The molecular formula is C15H26N4O. The Morgan fingerprint density at radius 1 is 1.25 bits per heavy atom. The van der Waals surface area contributed by atoms with Gasteiger partial charge in [0, 0.05) is 31.4 Å². The molecular weight excluding hydrogens is 252 g/mol. The molecule has 1 aromatic rings. The van der Waals surface area contributed by atoms with Gasteiger partial charge in [-0.1, -0.05) is 0 Å². The van der Waals surface area contributed by atoms with Gasteiger partial charge in [0.2, 0.25) is 0 Å². The maximum Gasteiger partial charge on any atom is 0.253 e. The fourth-order valence-electron chi connectivity index (χ4n) is 2.01. The first-order valence-electron chi connectivity index (χ1n) is 7.06. The van der Waals surface area contributed by atoms with E-state index in [2.05, 4.69) is 15.2 Å². The van der Waals surface area contributed by atoms with Crippen molar-refractivity contribution >= 4 is 11.7 Å². The van der Waals surface area contributed by atoms with Crippen molar-refractivity contribution in [3.8, 4) is 0 Å². The summed E-state index contributed by atoms with van der Waals surface area (Å²) in [5, 5.41) is 3.15. The van der Waals surface area contributed by atoms with Crippen LogP contribution < -0.4 is 5.32 Å². The van der Waals surface area contributed by atoms with Crippen LogP contribution >= 0.6 is 0 Å². The van der Waals surface area contributed by atoms with Crippen LogP contribution in [0.2, 0.25) is 0 Å². The molecule has 5 nitrogen and oxygen atoms in total. The van der Waals surface area contributed by atoms with Crippen LogP contribution in [0.5, 0.6) is 0 Å². The fraction of sp³-hybridized carbons (Fsp3) is 0.600. The predicted molar refractivity (Wildman–Crippen MR) is 83.3 cm³/mol. The summed E-state index contributed by atoms with van der Waals surface area (Å²) in [7, 11) is 5.92. The lowest BCUT2D eigenvalue weighted by atomic mass is 10.2. The molecule has 0 spiro atoms. The highest BCUT2D eigenvalue weighted by atomic mass is 16.2. The summed E-state index contributed by atoms with van der Waals surface area (Å²) in [5.41, 5.74) is 1.55. The number of amides is 1. The molecule has 5 heteroatoms. The van der Waals surface area contributed by atoms with E-state index in [9.17, 15) is 4.79 Å². The molecule has 0 aliphatic rings. The summed E-state index contributed by atoms with van der Waals surface area (Å²) in [4.78, 5) is 20.6. The largest absolute Gasteiger partial charge is 0.370 e. The lowest BCUT2D eigenvalue weighted by Crippen LogP contribution is -2.30. The molecule has 0 aliphatic heterocycles. The summed E-state index contributed by atoms with van der Waals surface area (Å²) in [5.74, 6) is 0.811. The lowest BCUT2D eigenvalue weighted by molar-refractivity contribution is 0.0790. The van der Waals surface area contributed by atoms with Gasteiger partial charge in [-0.05, 0) is 53.0 Å². The topological polar surface area (TPSA) is 48.5 Å². The van der Waals surface area contributed by atoms with Crippen molar-refractivity contribution in [2.45, 2.75) is 20.3 Å². The first-order valence-corrected chi connectivity index (χ1v) is 7.06. The Balaban J connectivity index is 2.70. The smallest absolute Gasteiger partial charge is 0.253 e. The molecule has 0 bridgehead atoms. The van der Waals surface area contributed by atoms with E-state index < -0.39 is 0 Å². The Kier molecular flexibility index (Phi) is 6.45. The van der Waals surface area contributed by atoms with Gasteiger partial charge in [-0.2, -0.15) is 0 Å². The van der Waals surface area contributed by atoms with Gasteiger partial charge >= 0.3 is 0 Å². The molecule has 0 saturated carbocycles. The van der Waals surface area contributed by atoms with Crippen LogP contribution in [0.4, 0.5) is 5.82 Å². The number of aryl methyl sites for hydroxylation is 1. The molecule has 1 heterocycles. The molecule has 0 radical (unpaired) electrons. The van der Waals surface area contributed by atoms with Crippen LogP contribution in [0.25, 0.3) is 0 Å². The van der Waals surface area contributed by atoms with Crippen LogP contribution in [0.15, 0.2) is 12.1 Å². The minimum absolute atomic E-state index is 0.0495. The second-order valence-corrected chi connectivity index (χ2v) is 5.30. The molecule has 112 valence electrons. The first kappa shape index (κ1) is 16.4. The van der Waals surface area contributed by atoms with Crippen LogP contribution in [0, 0.1) is 6.92 Å². The van der Waals surface area contributed by atoms with Gasteiger partial charge in [0.1, 0.15) is 5.82 Å². The number of nitrogens with zero attached hydrogens (tertiary/aromatic N) is 3. The Morgan fingerprint density at radius 3 is 2.55 bits per heavy atom. The first-order chi connectivity index (χ1) is 9.43. The van der Waals surface area contributed by atoms with E-state index in [-0.39, 0.29) is 5.91 Å². The number of carbonyl (C=O) groups is 1. The summed E-state index contributed by atoms with van der Waals surface area (Å²) in [6.07, 6.45) is 0.972. The highest BCUT2D eigenvalue weighted by molar-refractivity contribution is 5.94. The summed E-state index contributed by atoms with van der Waals surface area (Å²) < 4.78 is 0. The number of pyridine rings is 1. The van der Waals surface area contributed by atoms with Crippen LogP contribution in [0.1, 0.15) is 29.4 Å². The average Bonchev–Trinajstić information content (AvgIpc) is 2.37. The van der Waals surface area contributed by atoms with E-state index >= 15 is 0 Å². The molecule has 0 fully saturated rings. The number of hydrogen-bond donors (Lipinski definition) is 1. The number of carbonyl (C=O) groups excluding carboxylic acids is 1. The van der Waals surface area contributed by atoms with Crippen molar-refractivity contribution in [2.24, 2.45) is 0 Å². The Labute approximate surface area is 122 Å². The Hall–Kier alpha value is -1.62. The van der Waals surface area contributed by atoms with Gasteiger partial charge in [0.15, 0.2) is 0 Å². The zero-order valence-corrected chi connectivity index (χ0v) is 13.2. The zero-order valence-electron chi connectivity index (χ0n) is 13.2. The van der Waals surface area contributed by atoms with Crippen LogP contribution in [-0.4, -0.2) is 61.5 Å². The average molecular weight is 278 g/mol. The quantitative estimate of drug-likeness (QED) is 0.827. The third kappa shape index (κ3) is 5.17. The maximum atomic E-state index is 12.4. The second kappa shape index (κ2) is 7.85. The van der Waals surface area contributed by atoms with Crippen molar-refractivity contribution in [3.63, 3.8) is 0 Å². The van der Waals surface area contributed by atoms with E-state index in [0.29, 0.717) is 5.56 Å². The number of rotatable bonds is 7. The zero-order chi connectivity index (χ0) is 15.1. The normalized spacial score (nSPS) is 10.7. The molecule has 0 atom stereocenters. The summed E-state index contributed by atoms with van der Waals surface area (Å²) in [6, 6.07) is 3.66. The number of aromatic nitrogens is 1. The van der Waals surface area contributed by atoms with Crippen molar-refractivity contribution in [1.29, 1.82) is 0 Å². The highest BCUT2D eigenvalue weighted by Crippen LogP contribution is 2.12. The molecule has 0 aromatic carbocycles. The third-order valence-electron chi connectivity index (χ3n) is 3.00. The number of hydrogen-bond acceptors (Lipinski definition) is 4. The number of nitrogens with one attached hydrogen (secondary N) is 1. The van der Waals surface area contributed by atoms with E-state index in [4.69, 9.17) is 0 Å². The van der Waals surface area contributed by atoms with Crippen molar-refractivity contribution in [2.75, 3.05) is 46.1 Å². The van der Waals surface area contributed by atoms with E-state index in [1.165, 1.54) is 0 Å². The van der Waals surface area contributed by atoms with E-state index in [0.717, 1.165) is 37.6 Å². The molecule has 0 saturated heterocycles. The number of anilines is 1. The molecule has 1 amide bonds. The van der Waals surface area contributed by atoms with Gasteiger partial charge < -0.3 is 15.1 Å². The maximum absolute atomic E-state index is 12.4. The van der Waals surface area contributed by atoms with Gasteiger partial charge in [0.25, 0.3) is 5.91 Å². The minimum Gasteiger partial charge on any atom is -0.370 e. The van der Waals surface area contributed by atoms with Gasteiger partial charge in [-0.3, -0.25) is 4.79 Å². The van der Waals surface area contributed by atoms with Gasteiger partial charge in [-0.15, -0.1) is 0 Å². The lowest BCUT2D eigenvalue weighted by Gasteiger charge is -2.19. The van der Waals surface area contributed by atoms with Gasteiger partial charge in [-0.25, -0.2) is 4.98 Å². The highest BCUT2D eigenvalue weighted by Gasteiger charge is 2.13. The van der Waals surface area contributed by atoms with E-state index in [1.807, 2.05) is 47.1 Å². The fourth-order valence-corrected chi connectivity index (χ4v) is 2.01. The summed E-state index contributed by atoms with van der Waals surface area (Å²) >= 11 is 0. The van der Waals surface area contributed by atoms with Crippen molar-refractivity contribution < 1.29 is 4.79 Å². The SMILES string of the molecule is CCNc1cc(C(=O)N(C)CCCN(C)C)cc(C)n1. The van der Waals surface area contributed by atoms with Crippen LogP contribution in [-0.2, 0) is 0 Å². The Bertz CT molecular complexity index is 445. The molecule has 0 unspecified atom stereocenters. The monoisotopic (exact) mass is 278 g/mol. The van der Waals surface area contributed by atoms with E-state index in [1.54, 1.807) is 4.90 Å². The summed E-state index contributed by atoms with van der Waals surface area (Å²) in [6.45, 7) is 6.45.